The molecule has 0 unspecified atom stereocenters. The molecule has 1 aliphatic heterocycles. The molecule has 0 spiro atoms. The molecule has 4 nitrogen and oxygen atoms in total. The zero-order valence-electron chi connectivity index (χ0n) is 10.8. The second-order valence-electron chi connectivity index (χ2n) is 3.99. The van der Waals surface area contributed by atoms with E-state index in [1.165, 1.54) is 0 Å². The average Bonchev–Trinajstić information content (AvgIpc) is 2.88. The van der Waals surface area contributed by atoms with E-state index in [2.05, 4.69) is 0 Å². The lowest BCUT2D eigenvalue weighted by molar-refractivity contribution is -0.167. The Hall–Kier alpha value is -0.970. The molecule has 2 rings (SSSR count). The highest BCUT2D eigenvalue weighted by atomic mass is 35.5. The van der Waals surface area contributed by atoms with Crippen LogP contribution in [0.1, 0.15) is 18.9 Å². The van der Waals surface area contributed by atoms with Gasteiger partial charge < -0.3 is 18.9 Å². The summed E-state index contributed by atoms with van der Waals surface area (Å²) in [4.78, 5) is 0. The molecule has 1 aromatic rings. The van der Waals surface area contributed by atoms with Crippen molar-refractivity contribution in [3.05, 3.63) is 22.7 Å². The molecule has 1 fully saturated rings. The van der Waals surface area contributed by atoms with E-state index in [-0.39, 0.29) is 0 Å². The van der Waals surface area contributed by atoms with Crippen LogP contribution in [0.15, 0.2) is 12.1 Å². The van der Waals surface area contributed by atoms with Crippen molar-refractivity contribution < 1.29 is 18.9 Å². The molecule has 0 radical (unpaired) electrons. The first kappa shape index (κ1) is 13.5. The summed E-state index contributed by atoms with van der Waals surface area (Å²) in [5, 5.41) is 0.552. The lowest BCUT2D eigenvalue weighted by Crippen LogP contribution is -2.26. The molecule has 0 saturated carbocycles. The molecular weight excluding hydrogens is 256 g/mol. The molecule has 1 aliphatic rings. The second kappa shape index (κ2) is 5.34. The van der Waals surface area contributed by atoms with Crippen molar-refractivity contribution in [3.63, 3.8) is 0 Å². The van der Waals surface area contributed by atoms with Gasteiger partial charge in [0.2, 0.25) is 0 Å². The molecule has 1 saturated heterocycles. The maximum Gasteiger partial charge on any atom is 0.196 e. The van der Waals surface area contributed by atoms with Crippen LogP contribution < -0.4 is 9.47 Å². The van der Waals surface area contributed by atoms with E-state index in [4.69, 9.17) is 30.5 Å². The van der Waals surface area contributed by atoms with Crippen LogP contribution in [0.5, 0.6) is 11.5 Å². The third kappa shape index (κ3) is 2.16. The van der Waals surface area contributed by atoms with Gasteiger partial charge in [0.1, 0.15) is 0 Å². The van der Waals surface area contributed by atoms with Gasteiger partial charge in [-0.3, -0.25) is 0 Å². The monoisotopic (exact) mass is 272 g/mol. The molecule has 1 heterocycles. The van der Waals surface area contributed by atoms with E-state index in [0.717, 1.165) is 5.56 Å². The summed E-state index contributed by atoms with van der Waals surface area (Å²) in [7, 11) is 3.16. The number of rotatable bonds is 4. The summed E-state index contributed by atoms with van der Waals surface area (Å²) < 4.78 is 21.9. The van der Waals surface area contributed by atoms with E-state index in [9.17, 15) is 0 Å². The summed E-state index contributed by atoms with van der Waals surface area (Å²) >= 11 is 6.29. The Balaban J connectivity index is 2.50. The van der Waals surface area contributed by atoms with Crippen LogP contribution >= 0.6 is 11.6 Å². The van der Waals surface area contributed by atoms with Gasteiger partial charge in [0.15, 0.2) is 17.3 Å². The van der Waals surface area contributed by atoms with Crippen molar-refractivity contribution in [2.45, 2.75) is 19.1 Å². The number of methoxy groups -OCH3 is 2. The van der Waals surface area contributed by atoms with Crippen molar-refractivity contribution in [2.24, 2.45) is 0 Å². The van der Waals surface area contributed by atoms with Gasteiger partial charge in [0.05, 0.1) is 32.5 Å². The average molecular weight is 273 g/mol. The lowest BCUT2D eigenvalue weighted by Gasteiger charge is -2.28. The number of benzene rings is 1. The molecular formula is C13H17ClO4. The molecule has 0 aliphatic carbocycles. The third-order valence-electron chi connectivity index (χ3n) is 3.10. The van der Waals surface area contributed by atoms with Crippen LogP contribution in [-0.2, 0) is 15.3 Å². The Labute approximate surface area is 112 Å². The molecule has 100 valence electrons. The minimum atomic E-state index is -0.767. The number of hydrogen-bond donors (Lipinski definition) is 0. The normalized spacial score (nSPS) is 17.8. The first-order chi connectivity index (χ1) is 8.66. The van der Waals surface area contributed by atoms with Crippen LogP contribution in [0.2, 0.25) is 5.02 Å². The van der Waals surface area contributed by atoms with Crippen molar-refractivity contribution in [2.75, 3.05) is 27.4 Å². The van der Waals surface area contributed by atoms with Crippen molar-refractivity contribution in [1.29, 1.82) is 0 Å². The van der Waals surface area contributed by atoms with E-state index in [1.807, 2.05) is 13.0 Å². The van der Waals surface area contributed by atoms with Gasteiger partial charge in [-0.05, 0) is 6.07 Å². The Morgan fingerprint density at radius 3 is 2.22 bits per heavy atom. The summed E-state index contributed by atoms with van der Waals surface area (Å²) in [6, 6.07) is 3.54. The standard InChI is InChI=1S/C13H17ClO4/c1-4-13(17-5-6-18-13)9-7-11(15-2)12(16-3)8-10(9)14/h7-8H,4-6H2,1-3H3. The predicted octanol–water partition coefficient (Wildman–Crippen LogP) is 2.97. The number of ether oxygens (including phenoxy) is 4. The van der Waals surface area contributed by atoms with Crippen molar-refractivity contribution in [1.82, 2.24) is 0 Å². The van der Waals surface area contributed by atoms with Gasteiger partial charge in [-0.15, -0.1) is 0 Å². The van der Waals surface area contributed by atoms with Crippen LogP contribution in [0.25, 0.3) is 0 Å². The molecule has 5 heteroatoms. The number of hydrogen-bond acceptors (Lipinski definition) is 4. The first-order valence-corrected chi connectivity index (χ1v) is 6.24. The SMILES string of the molecule is CCC1(c2cc(OC)c(OC)cc2Cl)OCCO1. The van der Waals surface area contributed by atoms with E-state index >= 15 is 0 Å². The van der Waals surface area contributed by atoms with Gasteiger partial charge in [0.25, 0.3) is 0 Å². The Bertz CT molecular complexity index is 427. The molecule has 1 aromatic carbocycles. The number of halogens is 1. The molecule has 0 N–H and O–H groups in total. The fourth-order valence-corrected chi connectivity index (χ4v) is 2.45. The van der Waals surface area contributed by atoms with Gasteiger partial charge >= 0.3 is 0 Å². The quantitative estimate of drug-likeness (QED) is 0.844. The lowest BCUT2D eigenvalue weighted by atomic mass is 10.0. The maximum absolute atomic E-state index is 6.29. The molecule has 0 atom stereocenters. The molecule has 0 bridgehead atoms. The summed E-state index contributed by atoms with van der Waals surface area (Å²) in [6.45, 7) is 3.13. The summed E-state index contributed by atoms with van der Waals surface area (Å²) in [5.74, 6) is 0.440. The summed E-state index contributed by atoms with van der Waals surface area (Å²) in [5.41, 5.74) is 0.779. The van der Waals surface area contributed by atoms with Crippen LogP contribution in [-0.4, -0.2) is 27.4 Å². The molecule has 18 heavy (non-hydrogen) atoms. The second-order valence-corrected chi connectivity index (χ2v) is 4.40. The minimum absolute atomic E-state index is 0.552. The van der Waals surface area contributed by atoms with E-state index in [0.29, 0.717) is 36.2 Å². The van der Waals surface area contributed by atoms with Gasteiger partial charge in [0, 0.05) is 18.1 Å². The highest BCUT2D eigenvalue weighted by Gasteiger charge is 2.39. The Kier molecular flexibility index (Phi) is 4.00. The van der Waals surface area contributed by atoms with Crippen LogP contribution in [0, 0.1) is 0 Å². The third-order valence-corrected chi connectivity index (χ3v) is 3.42. The Morgan fingerprint density at radius 1 is 1.17 bits per heavy atom. The Morgan fingerprint density at radius 2 is 1.72 bits per heavy atom. The van der Waals surface area contributed by atoms with E-state index in [1.54, 1.807) is 20.3 Å². The largest absolute Gasteiger partial charge is 0.493 e. The highest BCUT2D eigenvalue weighted by Crippen LogP contribution is 2.43. The van der Waals surface area contributed by atoms with Crippen LogP contribution in [0.3, 0.4) is 0 Å². The first-order valence-electron chi connectivity index (χ1n) is 5.86. The molecule has 0 aromatic heterocycles. The fourth-order valence-electron chi connectivity index (χ4n) is 2.15. The van der Waals surface area contributed by atoms with Gasteiger partial charge in [-0.1, -0.05) is 18.5 Å². The fraction of sp³-hybridized carbons (Fsp3) is 0.538. The van der Waals surface area contributed by atoms with Gasteiger partial charge in [-0.25, -0.2) is 0 Å². The minimum Gasteiger partial charge on any atom is -0.493 e. The zero-order chi connectivity index (χ0) is 13.2. The molecule has 0 amide bonds. The topological polar surface area (TPSA) is 36.9 Å². The maximum atomic E-state index is 6.29. The highest BCUT2D eigenvalue weighted by molar-refractivity contribution is 6.31. The van der Waals surface area contributed by atoms with Gasteiger partial charge in [-0.2, -0.15) is 0 Å². The predicted molar refractivity (Wildman–Crippen MR) is 68.4 cm³/mol. The van der Waals surface area contributed by atoms with Crippen molar-refractivity contribution in [3.8, 4) is 11.5 Å². The van der Waals surface area contributed by atoms with E-state index < -0.39 is 5.79 Å². The van der Waals surface area contributed by atoms with Crippen LogP contribution in [0.4, 0.5) is 0 Å². The smallest absolute Gasteiger partial charge is 0.196 e. The summed E-state index contributed by atoms with van der Waals surface area (Å²) in [6.07, 6.45) is 0.683. The zero-order valence-corrected chi connectivity index (χ0v) is 11.5. The van der Waals surface area contributed by atoms with Crippen molar-refractivity contribution >= 4 is 11.6 Å².